The first kappa shape index (κ1) is 17.4. The van der Waals surface area contributed by atoms with E-state index in [1.54, 1.807) is 0 Å². The van der Waals surface area contributed by atoms with E-state index in [9.17, 15) is 10.1 Å². The second kappa shape index (κ2) is 12.8. The van der Waals surface area contributed by atoms with Gasteiger partial charge in [0.05, 0.1) is 0 Å². The SMILES string of the molecule is CCCCCCCCCCCCC(CC)[N+](=O)[O-]. The molecule has 0 radical (unpaired) electrons. The molecule has 0 aromatic carbocycles. The summed E-state index contributed by atoms with van der Waals surface area (Å²) in [6.45, 7) is 4.15. The Morgan fingerprint density at radius 3 is 1.67 bits per heavy atom. The van der Waals surface area contributed by atoms with E-state index >= 15 is 0 Å². The second-order valence-corrected chi connectivity index (χ2v) is 5.32. The molecule has 0 saturated heterocycles. The molecule has 0 aromatic heterocycles. The summed E-state index contributed by atoms with van der Waals surface area (Å²) in [5.74, 6) is 0. The van der Waals surface area contributed by atoms with Crippen LogP contribution in [0.25, 0.3) is 0 Å². The van der Waals surface area contributed by atoms with E-state index in [-0.39, 0.29) is 11.0 Å². The van der Waals surface area contributed by atoms with E-state index in [2.05, 4.69) is 6.92 Å². The summed E-state index contributed by atoms with van der Waals surface area (Å²) in [6.07, 6.45) is 14.4. The molecule has 0 aliphatic heterocycles. The number of hydrogen-bond donors (Lipinski definition) is 0. The van der Waals surface area contributed by atoms with Crippen molar-refractivity contribution >= 4 is 0 Å². The van der Waals surface area contributed by atoms with Crippen LogP contribution in [0.5, 0.6) is 0 Å². The zero-order chi connectivity index (χ0) is 13.6. The summed E-state index contributed by atoms with van der Waals surface area (Å²) in [4.78, 5) is 10.5. The van der Waals surface area contributed by atoms with Crippen LogP contribution in [0.2, 0.25) is 0 Å². The van der Waals surface area contributed by atoms with Gasteiger partial charge in [-0.2, -0.15) is 0 Å². The van der Waals surface area contributed by atoms with Crippen molar-refractivity contribution in [2.24, 2.45) is 0 Å². The molecule has 108 valence electrons. The Hall–Kier alpha value is -0.600. The van der Waals surface area contributed by atoms with Crippen molar-refractivity contribution in [1.29, 1.82) is 0 Å². The highest BCUT2D eigenvalue weighted by molar-refractivity contribution is 4.55. The number of hydrogen-bond acceptors (Lipinski definition) is 2. The van der Waals surface area contributed by atoms with Crippen LogP contribution in [0, 0.1) is 10.1 Å². The fourth-order valence-electron chi connectivity index (χ4n) is 2.33. The van der Waals surface area contributed by atoms with Crippen molar-refractivity contribution in [3.8, 4) is 0 Å². The van der Waals surface area contributed by atoms with E-state index in [1.165, 1.54) is 57.8 Å². The third-order valence-electron chi connectivity index (χ3n) is 3.66. The van der Waals surface area contributed by atoms with Gasteiger partial charge >= 0.3 is 0 Å². The van der Waals surface area contributed by atoms with Gasteiger partial charge in [-0.15, -0.1) is 0 Å². The summed E-state index contributed by atoms with van der Waals surface area (Å²) in [5, 5.41) is 10.6. The molecule has 0 aliphatic carbocycles. The Labute approximate surface area is 113 Å². The van der Waals surface area contributed by atoms with Crippen molar-refractivity contribution in [3.63, 3.8) is 0 Å². The van der Waals surface area contributed by atoms with Crippen LogP contribution >= 0.6 is 0 Å². The molecule has 0 aromatic rings. The van der Waals surface area contributed by atoms with Gasteiger partial charge in [0, 0.05) is 17.8 Å². The van der Waals surface area contributed by atoms with Crippen LogP contribution in [-0.2, 0) is 0 Å². The fourth-order valence-corrected chi connectivity index (χ4v) is 2.33. The van der Waals surface area contributed by atoms with Gasteiger partial charge < -0.3 is 0 Å². The van der Waals surface area contributed by atoms with Crippen LogP contribution in [-0.4, -0.2) is 11.0 Å². The van der Waals surface area contributed by atoms with Crippen LogP contribution in [0.3, 0.4) is 0 Å². The summed E-state index contributed by atoms with van der Waals surface area (Å²) in [7, 11) is 0. The summed E-state index contributed by atoms with van der Waals surface area (Å²) in [5.41, 5.74) is 0. The van der Waals surface area contributed by atoms with Gasteiger partial charge in [0.25, 0.3) is 0 Å². The molecule has 1 unspecified atom stereocenters. The molecular weight excluding hydrogens is 226 g/mol. The minimum Gasteiger partial charge on any atom is -0.264 e. The maximum Gasteiger partial charge on any atom is 0.212 e. The zero-order valence-corrected chi connectivity index (χ0v) is 12.3. The van der Waals surface area contributed by atoms with Gasteiger partial charge in [-0.3, -0.25) is 10.1 Å². The maximum atomic E-state index is 10.6. The van der Waals surface area contributed by atoms with Crippen molar-refractivity contribution in [2.75, 3.05) is 0 Å². The summed E-state index contributed by atoms with van der Waals surface area (Å²) in [6, 6.07) is -0.306. The molecule has 3 heteroatoms. The van der Waals surface area contributed by atoms with Crippen LogP contribution < -0.4 is 0 Å². The highest BCUT2D eigenvalue weighted by Gasteiger charge is 2.15. The van der Waals surface area contributed by atoms with Crippen molar-refractivity contribution in [1.82, 2.24) is 0 Å². The molecular formula is C15H31NO2. The smallest absolute Gasteiger partial charge is 0.212 e. The summed E-state index contributed by atoms with van der Waals surface area (Å²) < 4.78 is 0. The molecule has 1 atom stereocenters. The third kappa shape index (κ3) is 10.5. The first-order valence-corrected chi connectivity index (χ1v) is 7.85. The van der Waals surface area contributed by atoms with Gasteiger partial charge in [-0.1, -0.05) is 71.6 Å². The topological polar surface area (TPSA) is 43.1 Å². The molecule has 0 spiro atoms. The van der Waals surface area contributed by atoms with Crippen LogP contribution in [0.15, 0.2) is 0 Å². The minimum atomic E-state index is -0.306. The minimum absolute atomic E-state index is 0.117. The van der Waals surface area contributed by atoms with E-state index in [0.717, 1.165) is 12.8 Å². The highest BCUT2D eigenvalue weighted by atomic mass is 16.6. The zero-order valence-electron chi connectivity index (χ0n) is 12.3. The molecule has 0 saturated carbocycles. The van der Waals surface area contributed by atoms with Crippen molar-refractivity contribution < 1.29 is 4.92 Å². The molecule has 18 heavy (non-hydrogen) atoms. The molecule has 0 bridgehead atoms. The Balaban J connectivity index is 3.18. The summed E-state index contributed by atoms with van der Waals surface area (Å²) >= 11 is 0. The Morgan fingerprint density at radius 1 is 0.833 bits per heavy atom. The van der Waals surface area contributed by atoms with E-state index in [1.807, 2.05) is 6.92 Å². The second-order valence-electron chi connectivity index (χ2n) is 5.32. The Bertz CT molecular complexity index is 195. The van der Waals surface area contributed by atoms with Gasteiger partial charge in [-0.25, -0.2) is 0 Å². The molecule has 0 fully saturated rings. The predicted octanol–water partition coefficient (Wildman–Crippen LogP) is 5.35. The van der Waals surface area contributed by atoms with Crippen LogP contribution in [0.4, 0.5) is 0 Å². The highest BCUT2D eigenvalue weighted by Crippen LogP contribution is 2.13. The predicted molar refractivity (Wildman–Crippen MR) is 77.5 cm³/mol. The Morgan fingerprint density at radius 2 is 1.28 bits per heavy atom. The quantitative estimate of drug-likeness (QED) is 0.253. The van der Waals surface area contributed by atoms with Gasteiger partial charge in [-0.05, 0) is 6.42 Å². The molecule has 0 aliphatic rings. The van der Waals surface area contributed by atoms with Crippen LogP contribution in [0.1, 0.15) is 90.9 Å². The number of unbranched alkanes of at least 4 members (excludes halogenated alkanes) is 9. The lowest BCUT2D eigenvalue weighted by Crippen LogP contribution is -2.17. The van der Waals surface area contributed by atoms with Gasteiger partial charge in [0.2, 0.25) is 6.04 Å². The standard InChI is InChI=1S/C15H31NO2/c1-3-5-6-7-8-9-10-11-12-13-14-15(4-2)16(17)18/h15H,3-14H2,1-2H3. The normalized spacial score (nSPS) is 12.6. The van der Waals surface area contributed by atoms with E-state index in [0.29, 0.717) is 6.42 Å². The lowest BCUT2D eigenvalue weighted by Gasteiger charge is -2.06. The maximum absolute atomic E-state index is 10.6. The molecule has 0 heterocycles. The number of nitrogens with zero attached hydrogens (tertiary/aromatic N) is 1. The first-order valence-electron chi connectivity index (χ1n) is 7.85. The average molecular weight is 257 g/mol. The van der Waals surface area contributed by atoms with E-state index < -0.39 is 0 Å². The number of rotatable bonds is 13. The van der Waals surface area contributed by atoms with Gasteiger partial charge in [0.15, 0.2) is 0 Å². The monoisotopic (exact) mass is 257 g/mol. The van der Waals surface area contributed by atoms with Crippen molar-refractivity contribution in [3.05, 3.63) is 10.1 Å². The lowest BCUT2D eigenvalue weighted by molar-refractivity contribution is -0.523. The van der Waals surface area contributed by atoms with Gasteiger partial charge in [0.1, 0.15) is 0 Å². The van der Waals surface area contributed by atoms with E-state index in [4.69, 9.17) is 0 Å². The molecule has 3 nitrogen and oxygen atoms in total. The lowest BCUT2D eigenvalue weighted by atomic mass is 10.0. The molecule has 0 rings (SSSR count). The molecule has 0 N–H and O–H groups in total. The first-order chi connectivity index (χ1) is 8.72. The third-order valence-corrected chi connectivity index (χ3v) is 3.66. The number of nitro groups is 1. The largest absolute Gasteiger partial charge is 0.264 e. The fraction of sp³-hybridized carbons (Fsp3) is 1.00. The average Bonchev–Trinajstić information content (AvgIpc) is 2.35. The van der Waals surface area contributed by atoms with Crippen molar-refractivity contribution in [2.45, 2.75) is 96.9 Å². The Kier molecular flexibility index (Phi) is 12.4. The molecule has 0 amide bonds.